The third-order valence-corrected chi connectivity index (χ3v) is 6.53. The van der Waals surface area contributed by atoms with Gasteiger partial charge in [0, 0.05) is 5.57 Å². The summed E-state index contributed by atoms with van der Waals surface area (Å²) in [6.45, 7) is -0.282. The van der Waals surface area contributed by atoms with Crippen molar-refractivity contribution in [3.05, 3.63) is 71.1 Å². The van der Waals surface area contributed by atoms with Crippen LogP contribution in [0.3, 0.4) is 0 Å². The molecule has 2 aliphatic heterocycles. The Hall–Kier alpha value is -3.79. The number of aldehydes is 1. The predicted molar refractivity (Wildman–Crippen MR) is 123 cm³/mol. The molecule has 3 atom stereocenters. The number of fused-ring (bicyclic) bond motifs is 1. The van der Waals surface area contributed by atoms with Crippen molar-refractivity contribution in [1.29, 1.82) is 0 Å². The molecule has 10 heteroatoms. The number of amides is 2. The second-order valence-electron chi connectivity index (χ2n) is 7.51. The molecule has 1 N–H and O–H groups in total. The molecule has 2 aromatic rings. The summed E-state index contributed by atoms with van der Waals surface area (Å²) in [5.41, 5.74) is 0.859. The maximum atomic E-state index is 12.8. The quantitative estimate of drug-likeness (QED) is 0.326. The largest absolute Gasteiger partial charge is 0.497 e. The Morgan fingerprint density at radius 1 is 1.09 bits per heavy atom. The summed E-state index contributed by atoms with van der Waals surface area (Å²) >= 11 is 1.19. The average molecular weight is 483 g/mol. The molecule has 0 aliphatic carbocycles. The van der Waals surface area contributed by atoms with Crippen LogP contribution in [0.5, 0.6) is 11.5 Å². The van der Waals surface area contributed by atoms with Crippen LogP contribution in [0.2, 0.25) is 0 Å². The van der Waals surface area contributed by atoms with Gasteiger partial charge < -0.3 is 24.4 Å². The third-order valence-electron chi connectivity index (χ3n) is 5.35. The van der Waals surface area contributed by atoms with Crippen LogP contribution in [0.15, 0.2) is 65.6 Å². The van der Waals surface area contributed by atoms with Crippen molar-refractivity contribution in [2.45, 2.75) is 24.1 Å². The Bertz CT molecular complexity index is 1100. The number of carbonyl (C=O) groups excluding carboxylic acids is 4. The summed E-state index contributed by atoms with van der Waals surface area (Å²) in [6, 6.07) is 13.8. The zero-order valence-electron chi connectivity index (χ0n) is 18.2. The second-order valence-corrected chi connectivity index (χ2v) is 8.50. The summed E-state index contributed by atoms with van der Waals surface area (Å²) in [7, 11) is 1.55. The van der Waals surface area contributed by atoms with Gasteiger partial charge in [-0.2, -0.15) is 0 Å². The molecule has 2 heterocycles. The molecule has 176 valence electrons. The van der Waals surface area contributed by atoms with Gasteiger partial charge >= 0.3 is 5.97 Å². The maximum absolute atomic E-state index is 12.8. The van der Waals surface area contributed by atoms with Crippen LogP contribution in [0, 0.1) is 0 Å². The molecule has 0 aromatic heterocycles. The first kappa shape index (κ1) is 23.4. The van der Waals surface area contributed by atoms with E-state index in [0.29, 0.717) is 17.8 Å². The van der Waals surface area contributed by atoms with Gasteiger partial charge in [0.05, 0.1) is 7.11 Å². The molecular formula is C24H22N2O7S. The molecular weight excluding hydrogens is 460 g/mol. The Balaban J connectivity index is 1.36. The number of nitrogens with one attached hydrogen (secondary N) is 1. The molecule has 1 fully saturated rings. The fraction of sp³-hybridized carbons (Fsp3) is 0.250. The molecule has 2 unspecified atom stereocenters. The summed E-state index contributed by atoms with van der Waals surface area (Å²) in [5.74, 6) is -0.452. The first-order valence-electron chi connectivity index (χ1n) is 10.4. The van der Waals surface area contributed by atoms with E-state index in [2.05, 4.69) is 5.32 Å². The van der Waals surface area contributed by atoms with Crippen LogP contribution in [-0.2, 0) is 30.5 Å². The van der Waals surface area contributed by atoms with Gasteiger partial charge in [-0.1, -0.05) is 30.3 Å². The Labute approximate surface area is 200 Å². The molecule has 2 amide bonds. The molecule has 0 bridgehead atoms. The standard InChI is InChI=1S/C24H22N2O7S/c1-31-17-9-7-15(8-10-17)12-33-24(30)21-16(11-27)14-34-23-20(22(29)26(21)23)25-19(28)13-32-18-5-3-2-4-6-18/h2-11,14,20-21,23H,12-13H2,1H3,(H,25,28)/t20?,21?,23-/m0/s1. The lowest BCUT2D eigenvalue weighted by Gasteiger charge is -2.51. The van der Waals surface area contributed by atoms with Gasteiger partial charge in [-0.25, -0.2) is 4.79 Å². The smallest absolute Gasteiger partial charge is 0.334 e. The van der Waals surface area contributed by atoms with Crippen molar-refractivity contribution in [2.75, 3.05) is 13.7 Å². The van der Waals surface area contributed by atoms with Gasteiger partial charge in [-0.3, -0.25) is 14.4 Å². The number of benzene rings is 2. The average Bonchev–Trinajstić information content (AvgIpc) is 2.89. The first-order chi connectivity index (χ1) is 16.5. The fourth-order valence-electron chi connectivity index (χ4n) is 3.59. The van der Waals surface area contributed by atoms with Crippen LogP contribution in [-0.4, -0.2) is 60.1 Å². The lowest BCUT2D eigenvalue weighted by molar-refractivity contribution is -0.164. The molecule has 2 aromatic carbocycles. The first-order valence-corrected chi connectivity index (χ1v) is 11.4. The summed E-state index contributed by atoms with van der Waals surface area (Å²) in [6.07, 6.45) is 0.537. The summed E-state index contributed by atoms with van der Waals surface area (Å²) in [5, 5.41) is 3.63. The highest BCUT2D eigenvalue weighted by Crippen LogP contribution is 2.39. The van der Waals surface area contributed by atoms with Crippen LogP contribution in [0.1, 0.15) is 5.56 Å². The van der Waals surface area contributed by atoms with Gasteiger partial charge in [0.15, 0.2) is 12.6 Å². The molecule has 2 aliphatic rings. The van der Waals surface area contributed by atoms with Gasteiger partial charge in [0.1, 0.15) is 35.8 Å². The highest BCUT2D eigenvalue weighted by atomic mass is 32.2. The van der Waals surface area contributed by atoms with Gasteiger partial charge in [0.25, 0.3) is 5.91 Å². The van der Waals surface area contributed by atoms with Crippen molar-refractivity contribution in [3.63, 3.8) is 0 Å². The fourth-order valence-corrected chi connectivity index (χ4v) is 4.77. The van der Waals surface area contributed by atoms with Gasteiger partial charge in [0.2, 0.25) is 5.91 Å². The Morgan fingerprint density at radius 3 is 2.50 bits per heavy atom. The SMILES string of the molecule is COc1ccc(COC(=O)C2C(C=O)=CS[C@H]3C(NC(=O)COc4ccccc4)C(=O)N23)cc1. The van der Waals surface area contributed by atoms with E-state index in [9.17, 15) is 19.2 Å². The minimum absolute atomic E-state index is 0.0255. The molecule has 0 saturated carbocycles. The number of thioether (sulfide) groups is 1. The highest BCUT2D eigenvalue weighted by molar-refractivity contribution is 8.03. The number of nitrogens with zero attached hydrogens (tertiary/aromatic N) is 1. The van der Waals surface area contributed by atoms with E-state index in [0.717, 1.165) is 5.56 Å². The number of ether oxygens (including phenoxy) is 3. The third kappa shape index (κ3) is 4.91. The summed E-state index contributed by atoms with van der Waals surface area (Å²) in [4.78, 5) is 50.8. The zero-order chi connectivity index (χ0) is 24.1. The Morgan fingerprint density at radius 2 is 1.82 bits per heavy atom. The number of para-hydroxylation sites is 1. The van der Waals surface area contributed by atoms with E-state index in [-0.39, 0.29) is 18.8 Å². The zero-order valence-corrected chi connectivity index (χ0v) is 19.0. The van der Waals surface area contributed by atoms with E-state index in [1.54, 1.807) is 55.6 Å². The van der Waals surface area contributed by atoms with Gasteiger partial charge in [-0.05, 0) is 35.2 Å². The second kappa shape index (κ2) is 10.4. The number of hydrogen-bond donors (Lipinski definition) is 1. The molecule has 0 spiro atoms. The van der Waals surface area contributed by atoms with E-state index in [1.807, 2.05) is 6.07 Å². The van der Waals surface area contributed by atoms with Crippen LogP contribution in [0.25, 0.3) is 0 Å². The number of hydrogen-bond acceptors (Lipinski definition) is 8. The normalized spacial score (nSPS) is 20.9. The van der Waals surface area contributed by atoms with Gasteiger partial charge in [-0.15, -0.1) is 11.8 Å². The lowest BCUT2D eigenvalue weighted by atomic mass is 9.98. The van der Waals surface area contributed by atoms with Crippen molar-refractivity contribution < 1.29 is 33.4 Å². The van der Waals surface area contributed by atoms with Crippen molar-refractivity contribution >= 4 is 35.8 Å². The van der Waals surface area contributed by atoms with Crippen LogP contribution >= 0.6 is 11.8 Å². The topological polar surface area (TPSA) is 111 Å². The monoisotopic (exact) mass is 482 g/mol. The maximum Gasteiger partial charge on any atom is 0.334 e. The van der Waals surface area contributed by atoms with Crippen molar-refractivity contribution in [2.24, 2.45) is 0 Å². The number of esters is 1. The predicted octanol–water partition coefficient (Wildman–Crippen LogP) is 1.67. The van der Waals surface area contributed by atoms with Crippen LogP contribution < -0.4 is 14.8 Å². The number of carbonyl (C=O) groups is 4. The van der Waals surface area contributed by atoms with Crippen molar-refractivity contribution in [3.8, 4) is 11.5 Å². The van der Waals surface area contributed by atoms with Crippen LogP contribution in [0.4, 0.5) is 0 Å². The molecule has 0 radical (unpaired) electrons. The number of β-lactam (4-membered cyclic amide) rings is 1. The molecule has 9 nitrogen and oxygen atoms in total. The minimum atomic E-state index is -1.16. The van der Waals surface area contributed by atoms with Crippen molar-refractivity contribution in [1.82, 2.24) is 10.2 Å². The molecule has 1 saturated heterocycles. The molecule has 34 heavy (non-hydrogen) atoms. The molecule has 4 rings (SSSR count). The number of methoxy groups -OCH3 is 1. The minimum Gasteiger partial charge on any atom is -0.497 e. The summed E-state index contributed by atoms with van der Waals surface area (Å²) < 4.78 is 15.9. The number of rotatable bonds is 9. The Kier molecular flexibility index (Phi) is 7.17. The van der Waals surface area contributed by atoms with E-state index >= 15 is 0 Å². The lowest BCUT2D eigenvalue weighted by Crippen LogP contribution is -2.74. The van der Waals surface area contributed by atoms with E-state index in [1.165, 1.54) is 22.1 Å². The highest BCUT2D eigenvalue weighted by Gasteiger charge is 2.56. The van der Waals surface area contributed by atoms with E-state index < -0.39 is 35.2 Å². The van der Waals surface area contributed by atoms with E-state index in [4.69, 9.17) is 14.2 Å².